The van der Waals surface area contributed by atoms with E-state index < -0.39 is 35.9 Å². The fourth-order valence-corrected chi connectivity index (χ4v) is 4.31. The Morgan fingerprint density at radius 2 is 2.09 bits per heavy atom. The van der Waals surface area contributed by atoms with Crippen LogP contribution in [0.5, 0.6) is 5.75 Å². The molecule has 0 aliphatic carbocycles. The maximum atomic E-state index is 13.7. The van der Waals surface area contributed by atoms with Crippen molar-refractivity contribution in [2.75, 3.05) is 13.2 Å². The maximum Gasteiger partial charge on any atom is 0.417 e. The monoisotopic (exact) mass is 509 g/mol. The van der Waals surface area contributed by atoms with Crippen molar-refractivity contribution < 1.29 is 32.9 Å². The number of nitrogens with zero attached hydrogens (tertiary/aromatic N) is 3. The molecule has 13 heteroatoms. The number of halogens is 3. The van der Waals surface area contributed by atoms with Crippen molar-refractivity contribution in [3.63, 3.8) is 0 Å². The molecule has 35 heavy (non-hydrogen) atoms. The number of hydrogen-bond acceptors (Lipinski definition) is 8. The number of aliphatic hydroxyl groups excluding tert-OH is 2. The van der Waals surface area contributed by atoms with E-state index in [1.54, 1.807) is 13.1 Å². The van der Waals surface area contributed by atoms with E-state index in [-0.39, 0.29) is 40.6 Å². The summed E-state index contributed by atoms with van der Waals surface area (Å²) in [5.41, 5.74) is -1.31. The fourth-order valence-electron chi connectivity index (χ4n) is 3.50. The van der Waals surface area contributed by atoms with Gasteiger partial charge in [-0.25, -0.2) is 9.50 Å². The summed E-state index contributed by atoms with van der Waals surface area (Å²) in [6, 6.07) is 6.17. The number of thioether (sulfide) groups is 1. The van der Waals surface area contributed by atoms with Crippen molar-refractivity contribution in [1.29, 1.82) is 0 Å². The van der Waals surface area contributed by atoms with E-state index in [9.17, 15) is 23.1 Å². The predicted molar refractivity (Wildman–Crippen MR) is 122 cm³/mol. The summed E-state index contributed by atoms with van der Waals surface area (Å²) in [5, 5.41) is 28.9. The minimum atomic E-state index is -4.65. The first-order valence-corrected chi connectivity index (χ1v) is 11.4. The Kier molecular flexibility index (Phi) is 6.92. The molecule has 2 aromatic heterocycles. The molecule has 0 spiro atoms. The standard InChI is InChI=1S/C22H22F3N5O4S/c1-11-8-26-21(35-11)28-20(33)18-12(2)27-19-17(34-10-13(32)9-31)7-16(29-30(18)19)14-5-3-4-6-15(14)22(23,24)25/h3-8,13,21,26,31-32H,9-10H2,1-2H3,(H,28,33)/t13-,21?/m1/s1. The Morgan fingerprint density at radius 3 is 2.74 bits per heavy atom. The first-order valence-electron chi connectivity index (χ1n) is 10.5. The topological polar surface area (TPSA) is 121 Å². The molecule has 9 nitrogen and oxygen atoms in total. The Bertz CT molecular complexity index is 1290. The molecule has 0 saturated carbocycles. The summed E-state index contributed by atoms with van der Waals surface area (Å²) in [5.74, 6) is -0.550. The molecule has 1 unspecified atom stereocenters. The highest BCUT2D eigenvalue weighted by atomic mass is 32.2. The maximum absolute atomic E-state index is 13.7. The van der Waals surface area contributed by atoms with Gasteiger partial charge in [-0.05, 0) is 19.9 Å². The number of aliphatic hydroxyl groups is 2. The van der Waals surface area contributed by atoms with E-state index >= 15 is 0 Å². The quantitative estimate of drug-likeness (QED) is 0.384. The molecule has 1 aliphatic heterocycles. The smallest absolute Gasteiger partial charge is 0.417 e. The third-order valence-corrected chi connectivity index (χ3v) is 6.07. The minimum Gasteiger partial charge on any atom is -0.487 e. The van der Waals surface area contributed by atoms with Crippen LogP contribution in [-0.2, 0) is 6.18 Å². The molecule has 2 atom stereocenters. The number of hydrogen-bond donors (Lipinski definition) is 4. The van der Waals surface area contributed by atoms with Crippen molar-refractivity contribution in [1.82, 2.24) is 25.2 Å². The van der Waals surface area contributed by atoms with Crippen molar-refractivity contribution in [3.8, 4) is 17.0 Å². The van der Waals surface area contributed by atoms with Crippen LogP contribution in [0, 0.1) is 6.92 Å². The number of imidazole rings is 1. The van der Waals surface area contributed by atoms with Crippen molar-refractivity contribution >= 4 is 23.3 Å². The van der Waals surface area contributed by atoms with Crippen LogP contribution in [0.1, 0.15) is 28.7 Å². The molecule has 4 N–H and O–H groups in total. The molecule has 3 aromatic rings. The summed E-state index contributed by atoms with van der Waals surface area (Å²) in [7, 11) is 0. The van der Waals surface area contributed by atoms with Crippen molar-refractivity contribution in [2.24, 2.45) is 0 Å². The van der Waals surface area contributed by atoms with Crippen molar-refractivity contribution in [3.05, 3.63) is 58.4 Å². The number of ether oxygens (including phenoxy) is 1. The zero-order valence-electron chi connectivity index (χ0n) is 18.6. The Labute approximate surface area is 202 Å². The van der Waals surface area contributed by atoms with Gasteiger partial charge in [-0.2, -0.15) is 18.3 Å². The lowest BCUT2D eigenvalue weighted by atomic mass is 10.0. The van der Waals surface area contributed by atoms with E-state index in [0.29, 0.717) is 0 Å². The Morgan fingerprint density at radius 1 is 1.34 bits per heavy atom. The van der Waals surface area contributed by atoms with Gasteiger partial charge in [0.1, 0.15) is 12.7 Å². The summed E-state index contributed by atoms with van der Waals surface area (Å²) < 4.78 is 47.8. The fraction of sp³-hybridized carbons (Fsp3) is 0.318. The van der Waals surface area contributed by atoms with E-state index in [2.05, 4.69) is 20.7 Å². The number of allylic oxidation sites excluding steroid dienone is 1. The van der Waals surface area contributed by atoms with Crippen LogP contribution in [0.3, 0.4) is 0 Å². The lowest BCUT2D eigenvalue weighted by Gasteiger charge is -2.16. The number of amides is 1. The average molecular weight is 510 g/mol. The lowest BCUT2D eigenvalue weighted by molar-refractivity contribution is -0.137. The van der Waals surface area contributed by atoms with Crippen LogP contribution < -0.4 is 15.4 Å². The molecular weight excluding hydrogens is 487 g/mol. The van der Waals surface area contributed by atoms with Gasteiger partial charge < -0.3 is 25.6 Å². The number of benzene rings is 1. The molecule has 186 valence electrons. The van der Waals surface area contributed by atoms with E-state index in [1.165, 1.54) is 36.0 Å². The first kappa shape index (κ1) is 24.8. The summed E-state index contributed by atoms with van der Waals surface area (Å²) in [4.78, 5) is 18.4. The van der Waals surface area contributed by atoms with Crippen LogP contribution >= 0.6 is 11.8 Å². The molecular formula is C22H22F3N5O4S. The number of aromatic nitrogens is 3. The molecule has 0 radical (unpaired) electrons. The van der Waals surface area contributed by atoms with Gasteiger partial charge in [0.05, 0.1) is 23.6 Å². The number of nitrogens with one attached hydrogen (secondary N) is 2. The van der Waals surface area contributed by atoms with Gasteiger partial charge in [0.2, 0.25) is 0 Å². The number of fused-ring (bicyclic) bond motifs is 1. The van der Waals surface area contributed by atoms with Gasteiger partial charge in [0, 0.05) is 22.7 Å². The van der Waals surface area contributed by atoms with Crippen LogP contribution in [-0.4, -0.2) is 55.5 Å². The highest BCUT2D eigenvalue weighted by Crippen LogP contribution is 2.38. The Balaban J connectivity index is 1.84. The summed E-state index contributed by atoms with van der Waals surface area (Å²) in [6.45, 7) is 2.51. The van der Waals surface area contributed by atoms with Gasteiger partial charge in [-0.15, -0.1) is 0 Å². The number of aryl methyl sites for hydroxylation is 1. The van der Waals surface area contributed by atoms with Crippen LogP contribution in [0.25, 0.3) is 16.9 Å². The molecule has 0 bridgehead atoms. The van der Waals surface area contributed by atoms with Gasteiger partial charge in [-0.3, -0.25) is 4.79 Å². The van der Waals surface area contributed by atoms with Gasteiger partial charge >= 0.3 is 6.18 Å². The minimum absolute atomic E-state index is 0.00694. The first-order chi connectivity index (χ1) is 16.6. The average Bonchev–Trinajstić information content (AvgIpc) is 3.37. The number of carbonyl (C=O) groups is 1. The van der Waals surface area contributed by atoms with E-state index in [4.69, 9.17) is 9.84 Å². The van der Waals surface area contributed by atoms with E-state index in [0.717, 1.165) is 15.5 Å². The third-order valence-electron chi connectivity index (χ3n) is 5.09. The molecule has 1 amide bonds. The second kappa shape index (κ2) is 9.76. The van der Waals surface area contributed by atoms with Crippen LogP contribution in [0.4, 0.5) is 13.2 Å². The molecule has 0 fully saturated rings. The number of carbonyl (C=O) groups excluding carboxylic acids is 1. The molecule has 3 heterocycles. The second-order valence-electron chi connectivity index (χ2n) is 7.76. The zero-order chi connectivity index (χ0) is 25.3. The Hall–Kier alpha value is -3.29. The van der Waals surface area contributed by atoms with Crippen LogP contribution in [0.2, 0.25) is 0 Å². The number of alkyl halides is 3. The molecule has 4 rings (SSSR count). The molecule has 0 saturated heterocycles. The molecule has 1 aliphatic rings. The zero-order valence-corrected chi connectivity index (χ0v) is 19.4. The second-order valence-corrected chi connectivity index (χ2v) is 9.11. The third kappa shape index (κ3) is 5.21. The highest BCUT2D eigenvalue weighted by Gasteiger charge is 2.34. The summed E-state index contributed by atoms with van der Waals surface area (Å²) >= 11 is 1.39. The van der Waals surface area contributed by atoms with E-state index in [1.807, 2.05) is 6.92 Å². The number of rotatable bonds is 7. The van der Waals surface area contributed by atoms with Gasteiger partial charge in [0.15, 0.2) is 22.6 Å². The SMILES string of the molecule is CC1=CNC(NC(=O)c2c(C)nc3c(OC[C@H](O)CO)cc(-c4ccccc4C(F)(F)F)nn23)S1. The van der Waals surface area contributed by atoms with Gasteiger partial charge in [0.25, 0.3) is 5.91 Å². The normalized spacial score (nSPS) is 16.7. The highest BCUT2D eigenvalue weighted by molar-refractivity contribution is 8.03. The van der Waals surface area contributed by atoms with Crippen LogP contribution in [0.15, 0.2) is 41.4 Å². The van der Waals surface area contributed by atoms with Gasteiger partial charge in [-0.1, -0.05) is 30.0 Å². The largest absolute Gasteiger partial charge is 0.487 e. The lowest BCUT2D eigenvalue weighted by Crippen LogP contribution is -2.39. The molecule has 1 aromatic carbocycles. The predicted octanol–water partition coefficient (Wildman–Crippen LogP) is 2.67. The summed E-state index contributed by atoms with van der Waals surface area (Å²) in [6.07, 6.45) is -4.13. The van der Waals surface area contributed by atoms with Crippen molar-refractivity contribution in [2.45, 2.75) is 31.6 Å².